The van der Waals surface area contributed by atoms with Gasteiger partial charge < -0.3 is 24.8 Å². The Morgan fingerprint density at radius 1 is 1.31 bits per heavy atom. The minimum Gasteiger partial charge on any atom is -0.504 e. The van der Waals surface area contributed by atoms with Gasteiger partial charge in [0.1, 0.15) is 0 Å². The van der Waals surface area contributed by atoms with Crippen molar-refractivity contribution in [3.63, 3.8) is 0 Å². The summed E-state index contributed by atoms with van der Waals surface area (Å²) < 4.78 is 11.5. The van der Waals surface area contributed by atoms with Crippen LogP contribution in [0.25, 0.3) is 0 Å². The van der Waals surface area contributed by atoms with Crippen LogP contribution in [0, 0.1) is 5.92 Å². The maximum Gasteiger partial charge on any atom is 0.333 e. The van der Waals surface area contributed by atoms with Gasteiger partial charge in [0.05, 0.1) is 6.10 Å². The number of carboxylic acid groups (broad SMARTS) is 1. The Labute approximate surface area is 171 Å². The molecule has 0 amide bonds. The van der Waals surface area contributed by atoms with Gasteiger partial charge in [-0.3, -0.25) is 4.90 Å². The van der Waals surface area contributed by atoms with Crippen LogP contribution >= 0.6 is 0 Å². The Kier molecular flexibility index (Phi) is 5.99. The maximum absolute atomic E-state index is 11.3. The number of aliphatic hydroxyl groups excluding tert-OH is 1. The van der Waals surface area contributed by atoms with Crippen molar-refractivity contribution in [3.05, 3.63) is 23.3 Å². The highest BCUT2D eigenvalue weighted by atomic mass is 16.7. The van der Waals surface area contributed by atoms with Crippen LogP contribution < -0.4 is 4.74 Å². The van der Waals surface area contributed by atoms with Crippen molar-refractivity contribution in [1.29, 1.82) is 0 Å². The minimum atomic E-state index is -1.11. The highest BCUT2D eigenvalue weighted by Gasteiger charge is 2.38. The molecule has 3 aliphatic rings. The molecule has 1 aromatic carbocycles. The molecule has 2 aliphatic heterocycles. The van der Waals surface area contributed by atoms with Gasteiger partial charge in [-0.2, -0.15) is 0 Å². The molecule has 0 aromatic heterocycles. The molecule has 2 heterocycles. The lowest BCUT2D eigenvalue weighted by Crippen LogP contribution is -2.49. The van der Waals surface area contributed by atoms with Crippen molar-refractivity contribution in [3.8, 4) is 11.5 Å². The lowest BCUT2D eigenvalue weighted by atomic mass is 9.75. The van der Waals surface area contributed by atoms with E-state index in [4.69, 9.17) is 9.47 Å². The number of ether oxygens (including phenoxy) is 2. The molecule has 2 fully saturated rings. The second kappa shape index (κ2) is 8.50. The molecule has 5 atom stereocenters. The zero-order valence-corrected chi connectivity index (χ0v) is 16.9. The SMILES string of the molecule is CCCN1CCC[C@@H]2Cc3c(ccc(O)c3O[C@H]3C[C@@H](O)C[C@@H](C(=O)O)O3)C[C@H]21. The zero-order valence-electron chi connectivity index (χ0n) is 16.9. The van der Waals surface area contributed by atoms with Crippen LogP contribution in [0.2, 0.25) is 0 Å². The van der Waals surface area contributed by atoms with E-state index in [1.807, 2.05) is 6.07 Å². The van der Waals surface area contributed by atoms with Gasteiger partial charge in [-0.05, 0) is 62.7 Å². The normalized spacial score (nSPS) is 32.3. The first-order valence-electron chi connectivity index (χ1n) is 10.8. The second-order valence-electron chi connectivity index (χ2n) is 8.60. The van der Waals surface area contributed by atoms with E-state index in [0.29, 0.717) is 17.7 Å². The van der Waals surface area contributed by atoms with Gasteiger partial charge in [-0.25, -0.2) is 4.79 Å². The van der Waals surface area contributed by atoms with Crippen LogP contribution in [-0.2, 0) is 22.4 Å². The number of rotatable bonds is 5. The second-order valence-corrected chi connectivity index (χ2v) is 8.60. The Bertz CT molecular complexity index is 751. The van der Waals surface area contributed by atoms with E-state index in [0.717, 1.165) is 37.9 Å². The van der Waals surface area contributed by atoms with E-state index in [1.54, 1.807) is 6.07 Å². The van der Waals surface area contributed by atoms with Crippen molar-refractivity contribution in [2.24, 2.45) is 5.92 Å². The predicted molar refractivity (Wildman–Crippen MR) is 106 cm³/mol. The van der Waals surface area contributed by atoms with Crippen LogP contribution in [0.1, 0.15) is 50.2 Å². The van der Waals surface area contributed by atoms with E-state index in [1.165, 1.54) is 18.4 Å². The molecule has 3 N–H and O–H groups in total. The fraction of sp³-hybridized carbons (Fsp3) is 0.682. The first-order valence-corrected chi connectivity index (χ1v) is 10.8. The zero-order chi connectivity index (χ0) is 20.5. The quantitative estimate of drug-likeness (QED) is 0.691. The summed E-state index contributed by atoms with van der Waals surface area (Å²) in [6.07, 6.45) is 2.70. The highest BCUT2D eigenvalue weighted by molar-refractivity contribution is 5.72. The summed E-state index contributed by atoms with van der Waals surface area (Å²) >= 11 is 0. The maximum atomic E-state index is 11.3. The molecule has 0 unspecified atom stereocenters. The number of piperidine rings is 1. The molecule has 160 valence electrons. The third kappa shape index (κ3) is 4.22. The number of phenolic OH excluding ortho intramolecular Hbond substituents is 1. The summed E-state index contributed by atoms with van der Waals surface area (Å²) in [4.78, 5) is 13.9. The fourth-order valence-corrected chi connectivity index (χ4v) is 5.23. The molecule has 1 aromatic rings. The molecule has 0 saturated carbocycles. The van der Waals surface area contributed by atoms with Crippen molar-refractivity contribution in [2.45, 2.75) is 76.4 Å². The number of likely N-dealkylation sites (tertiary alicyclic amines) is 1. The number of nitrogens with zero attached hydrogens (tertiary/aromatic N) is 1. The molecule has 7 heteroatoms. The summed E-state index contributed by atoms with van der Waals surface area (Å²) in [5.74, 6) is -0.162. The number of phenols is 1. The molecule has 0 bridgehead atoms. The molecule has 1 aliphatic carbocycles. The van der Waals surface area contributed by atoms with Crippen LogP contribution in [0.4, 0.5) is 0 Å². The molecule has 0 spiro atoms. The third-order valence-electron chi connectivity index (χ3n) is 6.57. The fourth-order valence-electron chi connectivity index (χ4n) is 5.23. The van der Waals surface area contributed by atoms with Gasteiger partial charge in [0.15, 0.2) is 17.6 Å². The van der Waals surface area contributed by atoms with Crippen LogP contribution in [0.5, 0.6) is 11.5 Å². The number of aliphatic carboxylic acids is 1. The predicted octanol–water partition coefficient (Wildman–Crippen LogP) is 2.31. The van der Waals surface area contributed by atoms with Crippen LogP contribution in [0.3, 0.4) is 0 Å². The van der Waals surface area contributed by atoms with Gasteiger partial charge in [-0.15, -0.1) is 0 Å². The van der Waals surface area contributed by atoms with Crippen LogP contribution in [-0.4, -0.2) is 63.8 Å². The van der Waals surface area contributed by atoms with Gasteiger partial charge in [0, 0.05) is 24.4 Å². The largest absolute Gasteiger partial charge is 0.504 e. The average Bonchev–Trinajstić information content (AvgIpc) is 2.69. The van der Waals surface area contributed by atoms with Crippen molar-refractivity contribution in [2.75, 3.05) is 13.1 Å². The van der Waals surface area contributed by atoms with Crippen LogP contribution in [0.15, 0.2) is 12.1 Å². The smallest absolute Gasteiger partial charge is 0.333 e. The number of hydrogen-bond acceptors (Lipinski definition) is 6. The number of aliphatic hydroxyl groups is 1. The molecule has 29 heavy (non-hydrogen) atoms. The monoisotopic (exact) mass is 405 g/mol. The van der Waals surface area contributed by atoms with Crippen molar-refractivity contribution >= 4 is 5.97 Å². The van der Waals surface area contributed by atoms with E-state index in [-0.39, 0.29) is 18.6 Å². The number of carbonyl (C=O) groups is 1. The Morgan fingerprint density at radius 2 is 2.14 bits per heavy atom. The van der Waals surface area contributed by atoms with E-state index in [2.05, 4.69) is 11.8 Å². The van der Waals surface area contributed by atoms with Crippen molar-refractivity contribution < 1.29 is 29.6 Å². The third-order valence-corrected chi connectivity index (χ3v) is 6.57. The van der Waals surface area contributed by atoms with Gasteiger partial charge in [0.2, 0.25) is 6.29 Å². The van der Waals surface area contributed by atoms with E-state index >= 15 is 0 Å². The molecule has 2 saturated heterocycles. The number of benzene rings is 1. The van der Waals surface area contributed by atoms with Crippen molar-refractivity contribution in [1.82, 2.24) is 4.90 Å². The molecule has 4 rings (SSSR count). The number of hydrogen-bond donors (Lipinski definition) is 3. The minimum absolute atomic E-state index is 0.0407. The number of carboxylic acids is 1. The molecular weight excluding hydrogens is 374 g/mol. The summed E-state index contributed by atoms with van der Waals surface area (Å²) in [5, 5.41) is 29.8. The first-order chi connectivity index (χ1) is 14.0. The average molecular weight is 405 g/mol. The first kappa shape index (κ1) is 20.4. The molecular formula is C22H31NO6. The van der Waals surface area contributed by atoms with E-state index in [9.17, 15) is 20.1 Å². The van der Waals surface area contributed by atoms with Gasteiger partial charge in [0.25, 0.3) is 0 Å². The lowest BCUT2D eigenvalue weighted by Gasteiger charge is -2.45. The molecule has 0 radical (unpaired) electrons. The molecule has 7 nitrogen and oxygen atoms in total. The van der Waals surface area contributed by atoms with Gasteiger partial charge in [-0.1, -0.05) is 13.0 Å². The Morgan fingerprint density at radius 3 is 2.90 bits per heavy atom. The standard InChI is InChI=1S/C22H31NO6/c1-2-7-23-8-3-4-14-9-16-13(10-17(14)23)5-6-18(25)21(16)29-20-12-15(24)11-19(28-20)22(26)27/h5-6,14-15,17,19-20,24-25H,2-4,7-12H2,1H3,(H,26,27)/t14-,15+,17-,19+,20+/m1/s1. The Balaban J connectivity index is 1.57. The summed E-state index contributed by atoms with van der Waals surface area (Å²) in [5.41, 5.74) is 2.17. The number of aromatic hydroxyl groups is 1. The lowest BCUT2D eigenvalue weighted by molar-refractivity contribution is -0.195. The summed E-state index contributed by atoms with van der Waals surface area (Å²) in [7, 11) is 0. The number of fused-ring (bicyclic) bond motifs is 2. The topological polar surface area (TPSA) is 99.5 Å². The highest BCUT2D eigenvalue weighted by Crippen LogP contribution is 2.43. The Hall–Kier alpha value is -1.83. The van der Waals surface area contributed by atoms with E-state index < -0.39 is 24.5 Å². The summed E-state index contributed by atoms with van der Waals surface area (Å²) in [6.45, 7) is 4.48. The van der Waals surface area contributed by atoms with Gasteiger partial charge >= 0.3 is 5.97 Å². The summed E-state index contributed by atoms with van der Waals surface area (Å²) in [6, 6.07) is 4.15.